The largest absolute Gasteiger partial charge is 0.481 e. The number of urea groups is 1. The van der Waals surface area contributed by atoms with Crippen LogP contribution in [0.2, 0.25) is 0 Å². The van der Waals surface area contributed by atoms with Crippen LogP contribution >= 0.6 is 0 Å². The van der Waals surface area contributed by atoms with Gasteiger partial charge in [0.2, 0.25) is 5.91 Å². The number of carbonyl (C=O) groups excluding carboxylic acids is 2. The number of hydrogen-bond acceptors (Lipinski definition) is 3. The first-order chi connectivity index (χ1) is 7.81. The van der Waals surface area contributed by atoms with Gasteiger partial charge in [-0.2, -0.15) is 0 Å². The number of rotatable bonds is 4. The van der Waals surface area contributed by atoms with Crippen molar-refractivity contribution in [2.24, 2.45) is 5.41 Å². The monoisotopic (exact) mass is 242 g/mol. The molecule has 6 heteroatoms. The Bertz CT molecular complexity index is 334. The van der Waals surface area contributed by atoms with Gasteiger partial charge in [0, 0.05) is 12.5 Å². The number of hydrogen-bond donors (Lipinski definition) is 3. The van der Waals surface area contributed by atoms with Gasteiger partial charge in [0.1, 0.15) is 0 Å². The van der Waals surface area contributed by atoms with Crippen molar-refractivity contribution in [1.82, 2.24) is 10.6 Å². The predicted molar refractivity (Wildman–Crippen MR) is 60.3 cm³/mol. The molecule has 0 aromatic carbocycles. The van der Waals surface area contributed by atoms with Crippen LogP contribution in [0.3, 0.4) is 0 Å². The zero-order valence-corrected chi connectivity index (χ0v) is 10.1. The zero-order chi connectivity index (χ0) is 13.1. The SMILES string of the molecule is CC(C)(CC(=O)NC(=O)NC1CCC1)C(=O)O. The van der Waals surface area contributed by atoms with Crippen molar-refractivity contribution in [2.75, 3.05) is 0 Å². The average Bonchev–Trinajstić information content (AvgIpc) is 2.10. The van der Waals surface area contributed by atoms with Gasteiger partial charge >= 0.3 is 12.0 Å². The van der Waals surface area contributed by atoms with Gasteiger partial charge in [-0.1, -0.05) is 0 Å². The summed E-state index contributed by atoms with van der Waals surface area (Å²) in [5.41, 5.74) is -1.17. The van der Waals surface area contributed by atoms with Gasteiger partial charge in [0.25, 0.3) is 0 Å². The van der Waals surface area contributed by atoms with Crippen molar-refractivity contribution < 1.29 is 19.5 Å². The second-order valence-corrected chi connectivity index (χ2v) is 5.02. The van der Waals surface area contributed by atoms with Gasteiger partial charge in [-0.15, -0.1) is 0 Å². The van der Waals surface area contributed by atoms with Crippen molar-refractivity contribution in [2.45, 2.75) is 45.6 Å². The van der Waals surface area contributed by atoms with Crippen LogP contribution in [-0.2, 0) is 9.59 Å². The zero-order valence-electron chi connectivity index (χ0n) is 10.1. The minimum absolute atomic E-state index is 0.148. The Labute approximate surface area is 99.8 Å². The van der Waals surface area contributed by atoms with Crippen LogP contribution in [0.1, 0.15) is 39.5 Å². The predicted octanol–water partition coefficient (Wildman–Crippen LogP) is 0.866. The lowest BCUT2D eigenvalue weighted by Crippen LogP contribution is -2.48. The molecule has 3 N–H and O–H groups in total. The molecule has 0 spiro atoms. The highest BCUT2D eigenvalue weighted by atomic mass is 16.4. The molecule has 1 saturated carbocycles. The molecular weight excluding hydrogens is 224 g/mol. The highest BCUT2D eigenvalue weighted by molar-refractivity contribution is 5.96. The summed E-state index contributed by atoms with van der Waals surface area (Å²) in [4.78, 5) is 33.5. The van der Waals surface area contributed by atoms with E-state index in [-0.39, 0.29) is 12.5 Å². The number of nitrogens with one attached hydrogen (secondary N) is 2. The van der Waals surface area contributed by atoms with E-state index in [0.29, 0.717) is 0 Å². The van der Waals surface area contributed by atoms with Crippen LogP contribution in [0.15, 0.2) is 0 Å². The molecule has 1 rings (SSSR count). The summed E-state index contributed by atoms with van der Waals surface area (Å²) in [5.74, 6) is -1.64. The first-order valence-electron chi connectivity index (χ1n) is 5.65. The quantitative estimate of drug-likeness (QED) is 0.681. The summed E-state index contributed by atoms with van der Waals surface area (Å²) in [5, 5.41) is 13.6. The lowest BCUT2D eigenvalue weighted by atomic mass is 9.89. The molecule has 0 unspecified atom stereocenters. The molecule has 6 nitrogen and oxygen atoms in total. The number of carboxylic acids is 1. The summed E-state index contributed by atoms with van der Waals surface area (Å²) in [6.07, 6.45) is 2.73. The number of carboxylic acid groups (broad SMARTS) is 1. The number of imide groups is 1. The first kappa shape index (κ1) is 13.5. The molecule has 0 heterocycles. The lowest BCUT2D eigenvalue weighted by molar-refractivity contribution is -0.149. The number of carbonyl (C=O) groups is 3. The lowest BCUT2D eigenvalue weighted by Gasteiger charge is -2.26. The third-order valence-electron chi connectivity index (χ3n) is 2.87. The van der Waals surface area contributed by atoms with Crippen molar-refractivity contribution in [1.29, 1.82) is 0 Å². The summed E-state index contributed by atoms with van der Waals surface area (Å²) >= 11 is 0. The Morgan fingerprint density at radius 2 is 1.88 bits per heavy atom. The molecule has 0 atom stereocenters. The van der Waals surface area contributed by atoms with E-state index >= 15 is 0 Å². The van der Waals surface area contributed by atoms with E-state index in [0.717, 1.165) is 19.3 Å². The van der Waals surface area contributed by atoms with E-state index in [1.165, 1.54) is 13.8 Å². The molecule has 1 aliphatic carbocycles. The summed E-state index contributed by atoms with van der Waals surface area (Å²) < 4.78 is 0. The Hall–Kier alpha value is -1.59. The van der Waals surface area contributed by atoms with Gasteiger partial charge in [0.05, 0.1) is 5.41 Å². The van der Waals surface area contributed by atoms with Crippen LogP contribution in [0, 0.1) is 5.41 Å². The van der Waals surface area contributed by atoms with E-state index < -0.39 is 23.3 Å². The second kappa shape index (κ2) is 5.16. The van der Waals surface area contributed by atoms with Crippen molar-refractivity contribution in [3.8, 4) is 0 Å². The normalized spacial score (nSPS) is 15.9. The molecule has 17 heavy (non-hydrogen) atoms. The number of amides is 3. The summed E-state index contributed by atoms with van der Waals surface area (Å²) in [6.45, 7) is 2.89. The molecule has 0 bridgehead atoms. The highest BCUT2D eigenvalue weighted by Crippen LogP contribution is 2.20. The third-order valence-corrected chi connectivity index (χ3v) is 2.87. The van der Waals surface area contributed by atoms with E-state index in [2.05, 4.69) is 10.6 Å². The molecule has 0 saturated heterocycles. The van der Waals surface area contributed by atoms with Crippen LogP contribution in [0.4, 0.5) is 4.79 Å². The van der Waals surface area contributed by atoms with Gasteiger partial charge in [-0.25, -0.2) is 4.79 Å². The van der Waals surface area contributed by atoms with Gasteiger partial charge in [-0.3, -0.25) is 14.9 Å². The average molecular weight is 242 g/mol. The third kappa shape index (κ3) is 4.05. The maximum absolute atomic E-state index is 11.4. The first-order valence-corrected chi connectivity index (χ1v) is 5.65. The van der Waals surface area contributed by atoms with Crippen LogP contribution in [-0.4, -0.2) is 29.1 Å². The van der Waals surface area contributed by atoms with Crippen LogP contribution in [0.5, 0.6) is 0 Å². The maximum atomic E-state index is 11.4. The summed E-state index contributed by atoms with van der Waals surface area (Å²) in [7, 11) is 0. The molecule has 0 aliphatic heterocycles. The molecule has 3 amide bonds. The van der Waals surface area contributed by atoms with Crippen molar-refractivity contribution in [3.63, 3.8) is 0 Å². The fourth-order valence-corrected chi connectivity index (χ4v) is 1.42. The Kier molecular flexibility index (Phi) is 4.09. The Morgan fingerprint density at radius 3 is 2.29 bits per heavy atom. The molecule has 96 valence electrons. The van der Waals surface area contributed by atoms with Gasteiger partial charge in [-0.05, 0) is 33.1 Å². The summed E-state index contributed by atoms with van der Waals surface area (Å²) in [6, 6.07) is -0.392. The topological polar surface area (TPSA) is 95.5 Å². The van der Waals surface area contributed by atoms with Gasteiger partial charge < -0.3 is 10.4 Å². The van der Waals surface area contributed by atoms with Crippen molar-refractivity contribution >= 4 is 17.9 Å². The number of aliphatic carboxylic acids is 1. The minimum Gasteiger partial charge on any atom is -0.481 e. The van der Waals surface area contributed by atoms with E-state index in [1.807, 2.05) is 0 Å². The minimum atomic E-state index is -1.17. The molecule has 1 fully saturated rings. The Balaban J connectivity index is 2.33. The van der Waals surface area contributed by atoms with Crippen LogP contribution in [0.25, 0.3) is 0 Å². The standard InChI is InChI=1S/C11H18N2O4/c1-11(2,9(15)16)6-8(14)13-10(17)12-7-4-3-5-7/h7H,3-6H2,1-2H3,(H,15,16)(H2,12,13,14,17). The second-order valence-electron chi connectivity index (χ2n) is 5.02. The van der Waals surface area contributed by atoms with Crippen molar-refractivity contribution in [3.05, 3.63) is 0 Å². The van der Waals surface area contributed by atoms with Crippen LogP contribution < -0.4 is 10.6 Å². The van der Waals surface area contributed by atoms with E-state index in [1.54, 1.807) is 0 Å². The highest BCUT2D eigenvalue weighted by Gasteiger charge is 2.31. The van der Waals surface area contributed by atoms with E-state index in [4.69, 9.17) is 5.11 Å². The van der Waals surface area contributed by atoms with Gasteiger partial charge in [0.15, 0.2) is 0 Å². The maximum Gasteiger partial charge on any atom is 0.321 e. The fourth-order valence-electron chi connectivity index (χ4n) is 1.42. The Morgan fingerprint density at radius 1 is 1.29 bits per heavy atom. The molecule has 0 aromatic rings. The molecule has 0 radical (unpaired) electrons. The molecular formula is C11H18N2O4. The smallest absolute Gasteiger partial charge is 0.321 e. The van der Waals surface area contributed by atoms with E-state index in [9.17, 15) is 14.4 Å². The fraction of sp³-hybridized carbons (Fsp3) is 0.727. The molecule has 0 aromatic heterocycles. The molecule has 1 aliphatic rings.